The lowest BCUT2D eigenvalue weighted by Crippen LogP contribution is -2.44. The molecule has 0 atom stereocenters. The molecule has 2 aromatic carbocycles. The summed E-state index contributed by atoms with van der Waals surface area (Å²) in [5, 5.41) is 15.7. The topological polar surface area (TPSA) is 87.4 Å². The van der Waals surface area contributed by atoms with Gasteiger partial charge in [0.25, 0.3) is 5.69 Å². The van der Waals surface area contributed by atoms with E-state index in [4.69, 9.17) is 0 Å². The third kappa shape index (κ3) is 3.59. The van der Waals surface area contributed by atoms with Gasteiger partial charge in [0, 0.05) is 43.3 Å². The Balaban J connectivity index is 1.77. The molecule has 2 heterocycles. The van der Waals surface area contributed by atoms with Crippen LogP contribution in [0, 0.1) is 17.0 Å². The fraction of sp³-hybridized carbons (Fsp3) is 0.300. The number of nitro benzene ring substituents is 1. The Morgan fingerprint density at radius 1 is 1.11 bits per heavy atom. The number of nitrogens with zero attached hydrogens (tertiary/aromatic N) is 5. The highest BCUT2D eigenvalue weighted by atomic mass is 16.6. The monoisotopic (exact) mass is 378 g/mol. The smallest absolute Gasteiger partial charge is 0.293 e. The van der Waals surface area contributed by atoms with Gasteiger partial charge >= 0.3 is 0 Å². The zero-order chi connectivity index (χ0) is 19.7. The first kappa shape index (κ1) is 18.1. The maximum atomic E-state index is 11.8. The van der Waals surface area contributed by atoms with Crippen molar-refractivity contribution in [1.82, 2.24) is 14.9 Å². The van der Waals surface area contributed by atoms with E-state index in [1.54, 1.807) is 6.07 Å². The fourth-order valence-corrected chi connectivity index (χ4v) is 3.49. The van der Waals surface area contributed by atoms with Gasteiger partial charge in [0.1, 0.15) is 17.8 Å². The maximum absolute atomic E-state index is 11.8. The third-order valence-electron chi connectivity index (χ3n) is 5.05. The Labute approximate surface area is 163 Å². The molecule has 1 fully saturated rings. The number of aromatic nitrogens is 2. The van der Waals surface area contributed by atoms with Crippen LogP contribution in [0.2, 0.25) is 0 Å². The predicted molar refractivity (Wildman–Crippen MR) is 110 cm³/mol. The van der Waals surface area contributed by atoms with Gasteiger partial charge < -0.3 is 15.1 Å². The number of fused-ring (bicyclic) bond motifs is 1. The molecule has 8 nitrogen and oxygen atoms in total. The minimum absolute atomic E-state index is 0.0825. The van der Waals surface area contributed by atoms with Crippen LogP contribution in [0.5, 0.6) is 0 Å². The largest absolute Gasteiger partial charge is 0.363 e. The van der Waals surface area contributed by atoms with E-state index in [2.05, 4.69) is 32.1 Å². The van der Waals surface area contributed by atoms with Crippen molar-refractivity contribution < 1.29 is 4.92 Å². The lowest BCUT2D eigenvalue weighted by Gasteiger charge is -2.33. The number of likely N-dealkylation sites (N-methyl/N-ethyl adjacent to an activating group) is 1. The summed E-state index contributed by atoms with van der Waals surface area (Å²) < 4.78 is 0. The molecule has 0 spiro atoms. The maximum Gasteiger partial charge on any atom is 0.293 e. The van der Waals surface area contributed by atoms with E-state index < -0.39 is 0 Å². The Morgan fingerprint density at radius 3 is 2.61 bits per heavy atom. The average molecular weight is 378 g/mol. The molecule has 0 amide bonds. The molecular weight excluding hydrogens is 356 g/mol. The molecule has 144 valence electrons. The molecule has 28 heavy (non-hydrogen) atoms. The number of anilines is 3. The molecule has 0 bridgehead atoms. The normalized spacial score (nSPS) is 15.0. The second kappa shape index (κ2) is 7.40. The second-order valence-electron chi connectivity index (χ2n) is 7.12. The van der Waals surface area contributed by atoms with Crippen LogP contribution in [-0.2, 0) is 0 Å². The van der Waals surface area contributed by atoms with Crippen LogP contribution in [0.3, 0.4) is 0 Å². The molecule has 1 saturated heterocycles. The number of rotatable bonds is 4. The van der Waals surface area contributed by atoms with E-state index in [9.17, 15) is 10.1 Å². The van der Waals surface area contributed by atoms with E-state index in [-0.39, 0.29) is 10.6 Å². The number of nitro groups is 1. The molecule has 3 aromatic rings. The van der Waals surface area contributed by atoms with Crippen LogP contribution < -0.4 is 10.2 Å². The van der Waals surface area contributed by atoms with Crippen molar-refractivity contribution in [1.29, 1.82) is 0 Å². The highest BCUT2D eigenvalue weighted by Crippen LogP contribution is 2.35. The van der Waals surface area contributed by atoms with Crippen LogP contribution in [0.1, 0.15) is 5.56 Å². The van der Waals surface area contributed by atoms with E-state index in [0.717, 1.165) is 37.4 Å². The van der Waals surface area contributed by atoms with Gasteiger partial charge in [-0.15, -0.1) is 0 Å². The van der Waals surface area contributed by atoms with Crippen molar-refractivity contribution in [2.45, 2.75) is 6.92 Å². The minimum atomic E-state index is -0.323. The summed E-state index contributed by atoms with van der Waals surface area (Å²) in [5.74, 6) is 0.559. The summed E-state index contributed by atoms with van der Waals surface area (Å²) in [6.45, 7) is 5.26. The van der Waals surface area contributed by atoms with Crippen LogP contribution in [-0.4, -0.2) is 53.0 Å². The Bertz CT molecular complexity index is 1030. The van der Waals surface area contributed by atoms with Crippen LogP contribution in [0.4, 0.5) is 22.9 Å². The second-order valence-corrected chi connectivity index (χ2v) is 7.12. The highest BCUT2D eigenvalue weighted by Gasteiger charge is 2.24. The molecule has 1 aromatic heterocycles. The SMILES string of the molecule is Cc1cccc(Nc2ncnc3cc(N4CCN(C)CC4)c([N+](=O)[O-])cc23)c1. The van der Waals surface area contributed by atoms with Crippen molar-refractivity contribution in [3.8, 4) is 0 Å². The van der Waals surface area contributed by atoms with Crippen molar-refractivity contribution in [2.24, 2.45) is 0 Å². The number of hydrogen-bond acceptors (Lipinski definition) is 7. The summed E-state index contributed by atoms with van der Waals surface area (Å²) in [4.78, 5) is 24.4. The molecule has 0 saturated carbocycles. The summed E-state index contributed by atoms with van der Waals surface area (Å²) in [6.07, 6.45) is 1.49. The van der Waals surface area contributed by atoms with E-state index in [1.807, 2.05) is 37.3 Å². The molecule has 4 rings (SSSR count). The van der Waals surface area contributed by atoms with Crippen molar-refractivity contribution in [2.75, 3.05) is 43.4 Å². The van der Waals surface area contributed by atoms with Crippen molar-refractivity contribution >= 4 is 33.8 Å². The zero-order valence-electron chi connectivity index (χ0n) is 15.9. The number of hydrogen-bond donors (Lipinski definition) is 1. The number of piperazine rings is 1. The summed E-state index contributed by atoms with van der Waals surface area (Å²) in [5.41, 5.74) is 3.38. The molecule has 8 heteroatoms. The van der Waals surface area contributed by atoms with Gasteiger partial charge in [0.15, 0.2) is 0 Å². The average Bonchev–Trinajstić information content (AvgIpc) is 2.68. The predicted octanol–water partition coefficient (Wildman–Crippen LogP) is 3.34. The van der Waals surface area contributed by atoms with Crippen LogP contribution >= 0.6 is 0 Å². The van der Waals surface area contributed by atoms with Gasteiger partial charge in [0.05, 0.1) is 10.4 Å². The zero-order valence-corrected chi connectivity index (χ0v) is 15.9. The first-order valence-corrected chi connectivity index (χ1v) is 9.21. The molecule has 1 aliphatic rings. The van der Waals surface area contributed by atoms with E-state index in [1.165, 1.54) is 6.33 Å². The molecule has 0 unspecified atom stereocenters. The number of nitrogens with one attached hydrogen (secondary N) is 1. The molecule has 0 aliphatic carbocycles. The lowest BCUT2D eigenvalue weighted by atomic mass is 10.1. The summed E-state index contributed by atoms with van der Waals surface area (Å²) in [6, 6.07) is 11.3. The van der Waals surface area contributed by atoms with Gasteiger partial charge in [-0.2, -0.15) is 0 Å². The van der Waals surface area contributed by atoms with E-state index in [0.29, 0.717) is 22.4 Å². The van der Waals surface area contributed by atoms with Gasteiger partial charge in [0.2, 0.25) is 0 Å². The van der Waals surface area contributed by atoms with Gasteiger partial charge in [-0.05, 0) is 37.7 Å². The first-order chi connectivity index (χ1) is 13.5. The minimum Gasteiger partial charge on any atom is -0.363 e. The lowest BCUT2D eigenvalue weighted by molar-refractivity contribution is -0.384. The first-order valence-electron chi connectivity index (χ1n) is 9.21. The third-order valence-corrected chi connectivity index (χ3v) is 5.05. The quantitative estimate of drug-likeness (QED) is 0.550. The number of benzene rings is 2. The Kier molecular flexibility index (Phi) is 4.79. The fourth-order valence-electron chi connectivity index (χ4n) is 3.49. The molecule has 1 aliphatic heterocycles. The Hall–Kier alpha value is -3.26. The summed E-state index contributed by atoms with van der Waals surface area (Å²) in [7, 11) is 2.06. The summed E-state index contributed by atoms with van der Waals surface area (Å²) >= 11 is 0. The molecule has 0 radical (unpaired) electrons. The molecular formula is C20H22N6O2. The van der Waals surface area contributed by atoms with Crippen molar-refractivity contribution in [3.05, 3.63) is 58.4 Å². The standard InChI is InChI=1S/C20H22N6O2/c1-14-4-3-5-15(10-14)23-20-16-11-19(26(27)28)18(12-17(16)21-13-22-20)25-8-6-24(2)7-9-25/h3-5,10-13H,6-9H2,1-2H3,(H,21,22,23). The van der Waals surface area contributed by atoms with Gasteiger partial charge in [-0.3, -0.25) is 10.1 Å². The van der Waals surface area contributed by atoms with Crippen molar-refractivity contribution in [3.63, 3.8) is 0 Å². The highest BCUT2D eigenvalue weighted by molar-refractivity contribution is 5.95. The van der Waals surface area contributed by atoms with Gasteiger partial charge in [-0.25, -0.2) is 9.97 Å². The molecule has 1 N–H and O–H groups in total. The van der Waals surface area contributed by atoms with Crippen LogP contribution in [0.15, 0.2) is 42.7 Å². The number of aryl methyl sites for hydroxylation is 1. The van der Waals surface area contributed by atoms with Gasteiger partial charge in [-0.1, -0.05) is 12.1 Å². The van der Waals surface area contributed by atoms with Crippen LogP contribution in [0.25, 0.3) is 10.9 Å². The Morgan fingerprint density at radius 2 is 1.89 bits per heavy atom. The van der Waals surface area contributed by atoms with E-state index >= 15 is 0 Å².